The van der Waals surface area contributed by atoms with Gasteiger partial charge in [-0.05, 0) is 55.1 Å². The van der Waals surface area contributed by atoms with Crippen molar-refractivity contribution in [1.29, 1.82) is 0 Å². The van der Waals surface area contributed by atoms with Gasteiger partial charge in [-0.3, -0.25) is 19.3 Å². The Hall–Kier alpha value is -4.04. The molecule has 7 nitrogen and oxygen atoms in total. The van der Waals surface area contributed by atoms with Crippen LogP contribution in [0.3, 0.4) is 0 Å². The number of nitrogens with zero attached hydrogens (tertiary/aromatic N) is 1. The van der Waals surface area contributed by atoms with Crippen molar-refractivity contribution >= 4 is 40.6 Å². The Morgan fingerprint density at radius 3 is 2.43 bits per heavy atom. The molecule has 1 aliphatic rings. The first-order valence-corrected chi connectivity index (χ1v) is 11.8. The van der Waals surface area contributed by atoms with Crippen LogP contribution in [0.2, 0.25) is 0 Å². The van der Waals surface area contributed by atoms with Crippen LogP contribution in [0.25, 0.3) is 6.08 Å². The Balaban J connectivity index is 1.36. The van der Waals surface area contributed by atoms with E-state index in [0.29, 0.717) is 22.7 Å². The van der Waals surface area contributed by atoms with Crippen molar-refractivity contribution < 1.29 is 23.9 Å². The third kappa shape index (κ3) is 6.51. The molecule has 8 heteroatoms. The second-order valence-corrected chi connectivity index (χ2v) is 8.73. The lowest BCUT2D eigenvalue weighted by Gasteiger charge is -2.13. The highest BCUT2D eigenvalue weighted by Crippen LogP contribution is 2.33. The van der Waals surface area contributed by atoms with Gasteiger partial charge in [0.2, 0.25) is 0 Å². The number of ether oxygens (including phenoxy) is 2. The van der Waals surface area contributed by atoms with E-state index in [0.717, 1.165) is 17.3 Å². The number of carbonyl (C=O) groups excluding carboxylic acids is 3. The summed E-state index contributed by atoms with van der Waals surface area (Å²) in [5, 5.41) is 2.40. The van der Waals surface area contributed by atoms with Crippen LogP contribution in [0.4, 0.5) is 10.5 Å². The molecule has 0 saturated carbocycles. The summed E-state index contributed by atoms with van der Waals surface area (Å²) in [6, 6.07) is 23.7. The average Bonchev–Trinajstić information content (AvgIpc) is 3.12. The highest BCUT2D eigenvalue weighted by atomic mass is 32.2. The fraction of sp³-hybridized carbons (Fsp3) is 0.148. The zero-order chi connectivity index (χ0) is 24.6. The van der Waals surface area contributed by atoms with Crippen LogP contribution in [0.5, 0.6) is 11.5 Å². The van der Waals surface area contributed by atoms with E-state index in [1.54, 1.807) is 42.5 Å². The minimum absolute atomic E-state index is 0.147. The molecule has 0 spiro atoms. The van der Waals surface area contributed by atoms with Gasteiger partial charge in [-0.25, -0.2) is 0 Å². The van der Waals surface area contributed by atoms with Crippen molar-refractivity contribution in [2.24, 2.45) is 0 Å². The molecule has 0 radical (unpaired) electrons. The van der Waals surface area contributed by atoms with E-state index >= 15 is 0 Å². The number of para-hydroxylation sites is 2. The van der Waals surface area contributed by atoms with E-state index in [1.807, 2.05) is 49.4 Å². The van der Waals surface area contributed by atoms with E-state index in [9.17, 15) is 14.4 Å². The van der Waals surface area contributed by atoms with Gasteiger partial charge in [-0.15, -0.1) is 0 Å². The summed E-state index contributed by atoms with van der Waals surface area (Å²) in [6.45, 7) is 2.13. The van der Waals surface area contributed by atoms with E-state index in [-0.39, 0.29) is 41.7 Å². The van der Waals surface area contributed by atoms with Gasteiger partial charge in [0, 0.05) is 11.3 Å². The third-order valence-corrected chi connectivity index (χ3v) is 6.01. The number of carbonyl (C=O) groups is 3. The number of nitrogens with one attached hydrogen (secondary N) is 1. The molecule has 1 saturated heterocycles. The first kappa shape index (κ1) is 24.1. The maximum Gasteiger partial charge on any atom is 0.293 e. The fourth-order valence-corrected chi connectivity index (χ4v) is 4.17. The van der Waals surface area contributed by atoms with Crippen LogP contribution >= 0.6 is 11.8 Å². The van der Waals surface area contributed by atoms with E-state index in [4.69, 9.17) is 9.47 Å². The standard InChI is InChI=1S/C27H24N2O5S/c1-19-11-13-22(14-12-19)33-16-15-29-26(31)24(35-27(29)32)17-20-7-5-6-10-23(20)34-18-25(30)28-21-8-3-2-4-9-21/h2-14,17H,15-16,18H2,1H3,(H,28,30)/b24-17-. The maximum atomic E-state index is 12.8. The predicted molar refractivity (Wildman–Crippen MR) is 136 cm³/mol. The lowest BCUT2D eigenvalue weighted by atomic mass is 10.2. The largest absolute Gasteiger partial charge is 0.492 e. The van der Waals surface area contributed by atoms with Crippen LogP contribution < -0.4 is 14.8 Å². The Bertz CT molecular complexity index is 1240. The number of imide groups is 1. The van der Waals surface area contributed by atoms with Crippen molar-refractivity contribution in [3.63, 3.8) is 0 Å². The number of thioether (sulfide) groups is 1. The number of hydrogen-bond acceptors (Lipinski definition) is 6. The molecule has 0 atom stereocenters. The minimum Gasteiger partial charge on any atom is -0.492 e. The SMILES string of the molecule is Cc1ccc(OCCN2C(=O)S/C(=C\c3ccccc3OCC(=O)Nc3ccccc3)C2=O)cc1. The first-order chi connectivity index (χ1) is 17.0. The van der Waals surface area contributed by atoms with E-state index < -0.39 is 0 Å². The lowest BCUT2D eigenvalue weighted by Crippen LogP contribution is -2.32. The second kappa shape index (κ2) is 11.4. The first-order valence-electron chi connectivity index (χ1n) is 11.0. The molecule has 0 bridgehead atoms. The molecule has 1 aliphatic heterocycles. The molecular formula is C27H24N2O5S. The van der Waals surface area contributed by atoms with Crippen molar-refractivity contribution in [2.75, 3.05) is 25.1 Å². The van der Waals surface area contributed by atoms with E-state index in [1.165, 1.54) is 4.90 Å². The zero-order valence-electron chi connectivity index (χ0n) is 19.1. The van der Waals surface area contributed by atoms with Crippen LogP contribution in [-0.2, 0) is 9.59 Å². The molecule has 35 heavy (non-hydrogen) atoms. The lowest BCUT2D eigenvalue weighted by molar-refractivity contribution is -0.123. The number of aryl methyl sites for hydroxylation is 1. The second-order valence-electron chi connectivity index (χ2n) is 7.74. The molecule has 3 amide bonds. The molecule has 1 fully saturated rings. The molecule has 178 valence electrons. The minimum atomic E-state index is -0.385. The third-order valence-electron chi connectivity index (χ3n) is 5.10. The van der Waals surface area contributed by atoms with Gasteiger partial charge < -0.3 is 14.8 Å². The molecule has 1 heterocycles. The predicted octanol–water partition coefficient (Wildman–Crippen LogP) is 5.13. The van der Waals surface area contributed by atoms with Gasteiger partial charge in [0.15, 0.2) is 6.61 Å². The Morgan fingerprint density at radius 1 is 0.943 bits per heavy atom. The normalized spacial score (nSPS) is 14.3. The topological polar surface area (TPSA) is 84.9 Å². The summed E-state index contributed by atoms with van der Waals surface area (Å²) in [6.07, 6.45) is 1.61. The molecule has 3 aromatic rings. The monoisotopic (exact) mass is 488 g/mol. The van der Waals surface area contributed by atoms with Crippen molar-refractivity contribution in [1.82, 2.24) is 4.90 Å². The highest BCUT2D eigenvalue weighted by molar-refractivity contribution is 8.18. The number of anilines is 1. The molecule has 1 N–H and O–H groups in total. The Labute approximate surface area is 207 Å². The maximum absolute atomic E-state index is 12.8. The van der Waals surface area contributed by atoms with Gasteiger partial charge in [0.05, 0.1) is 11.4 Å². The van der Waals surface area contributed by atoms with Crippen LogP contribution in [-0.4, -0.2) is 41.7 Å². The summed E-state index contributed by atoms with van der Waals surface area (Å²) < 4.78 is 11.4. The molecular weight excluding hydrogens is 464 g/mol. The van der Waals surface area contributed by atoms with Crippen molar-refractivity contribution in [2.45, 2.75) is 6.92 Å². The molecule has 0 aliphatic carbocycles. The summed E-state index contributed by atoms with van der Waals surface area (Å²) in [4.78, 5) is 39.0. The molecule has 0 aromatic heterocycles. The Kier molecular flexibility index (Phi) is 7.84. The summed E-state index contributed by atoms with van der Waals surface area (Å²) in [7, 11) is 0. The molecule has 3 aromatic carbocycles. The fourth-order valence-electron chi connectivity index (χ4n) is 3.32. The summed E-state index contributed by atoms with van der Waals surface area (Å²) in [5.74, 6) is 0.426. The van der Waals surface area contributed by atoms with E-state index in [2.05, 4.69) is 5.32 Å². The highest BCUT2D eigenvalue weighted by Gasteiger charge is 2.35. The smallest absolute Gasteiger partial charge is 0.293 e. The summed E-state index contributed by atoms with van der Waals surface area (Å²) >= 11 is 0.868. The van der Waals surface area contributed by atoms with Crippen LogP contribution in [0.15, 0.2) is 83.8 Å². The van der Waals surface area contributed by atoms with Crippen molar-refractivity contribution in [3.05, 3.63) is 94.9 Å². The average molecular weight is 489 g/mol. The number of rotatable bonds is 9. The summed E-state index contributed by atoms with van der Waals surface area (Å²) in [5.41, 5.74) is 2.39. The number of amides is 3. The van der Waals surface area contributed by atoms with Gasteiger partial charge in [0.1, 0.15) is 18.1 Å². The van der Waals surface area contributed by atoms with Gasteiger partial charge in [-0.2, -0.15) is 0 Å². The number of benzene rings is 3. The molecule has 4 rings (SSSR count). The van der Waals surface area contributed by atoms with Gasteiger partial charge >= 0.3 is 0 Å². The van der Waals surface area contributed by atoms with Gasteiger partial charge in [0.25, 0.3) is 17.1 Å². The van der Waals surface area contributed by atoms with Crippen LogP contribution in [0, 0.1) is 6.92 Å². The van der Waals surface area contributed by atoms with Crippen molar-refractivity contribution in [3.8, 4) is 11.5 Å². The van der Waals surface area contributed by atoms with Crippen LogP contribution in [0.1, 0.15) is 11.1 Å². The molecule has 0 unspecified atom stereocenters. The quantitative estimate of drug-likeness (QED) is 0.421. The Morgan fingerprint density at radius 2 is 1.66 bits per heavy atom. The number of hydrogen-bond donors (Lipinski definition) is 1. The van der Waals surface area contributed by atoms with Gasteiger partial charge in [-0.1, -0.05) is 54.1 Å². The zero-order valence-corrected chi connectivity index (χ0v) is 19.9.